The maximum absolute atomic E-state index is 12.8. The molecule has 3 aromatic rings. The van der Waals surface area contributed by atoms with E-state index in [1.54, 1.807) is 18.2 Å². The SMILES string of the molecule is CCOC(CCn1c(C)nc2c(NC(=O)c3c(Cl)cccc3Cl)cccc21)OCC. The van der Waals surface area contributed by atoms with Gasteiger partial charge in [-0.1, -0.05) is 35.3 Å². The standard InChI is InChI=1S/C22H25Cl2N3O3/c1-4-29-19(30-5-2)12-13-27-14(3)25-21-17(10-7-11-18(21)27)26-22(28)20-15(23)8-6-9-16(20)24/h6-11,19H,4-5,12-13H2,1-3H3,(H,26,28). The Bertz CT molecular complexity index is 1010. The van der Waals surface area contributed by atoms with Crippen molar-refractivity contribution in [1.29, 1.82) is 0 Å². The van der Waals surface area contributed by atoms with Gasteiger partial charge < -0.3 is 19.4 Å². The highest BCUT2D eigenvalue weighted by atomic mass is 35.5. The van der Waals surface area contributed by atoms with Gasteiger partial charge in [-0.2, -0.15) is 0 Å². The topological polar surface area (TPSA) is 65.4 Å². The number of ether oxygens (including phenoxy) is 2. The molecule has 6 nitrogen and oxygen atoms in total. The first-order chi connectivity index (χ1) is 14.5. The summed E-state index contributed by atoms with van der Waals surface area (Å²) in [7, 11) is 0. The molecular formula is C22H25Cl2N3O3. The molecule has 0 aliphatic rings. The lowest BCUT2D eigenvalue weighted by Crippen LogP contribution is -2.20. The number of amides is 1. The Kier molecular flexibility index (Phi) is 7.72. The number of carbonyl (C=O) groups is 1. The highest BCUT2D eigenvalue weighted by Gasteiger charge is 2.18. The van der Waals surface area contributed by atoms with Gasteiger partial charge in [0.1, 0.15) is 11.3 Å². The van der Waals surface area contributed by atoms with E-state index in [1.807, 2.05) is 39.0 Å². The number of nitrogens with one attached hydrogen (secondary N) is 1. The quantitative estimate of drug-likeness (QED) is 0.425. The molecule has 2 aromatic carbocycles. The zero-order valence-electron chi connectivity index (χ0n) is 17.2. The van der Waals surface area contributed by atoms with Crippen LogP contribution in [0.25, 0.3) is 11.0 Å². The molecule has 0 bridgehead atoms. The Morgan fingerprint density at radius 1 is 1.10 bits per heavy atom. The van der Waals surface area contributed by atoms with Gasteiger partial charge in [-0.15, -0.1) is 0 Å². The van der Waals surface area contributed by atoms with Gasteiger partial charge in [-0.05, 0) is 45.0 Å². The molecule has 3 rings (SSSR count). The summed E-state index contributed by atoms with van der Waals surface area (Å²) in [6.45, 7) is 7.70. The minimum Gasteiger partial charge on any atom is -0.353 e. The average molecular weight is 450 g/mol. The number of anilines is 1. The first kappa shape index (κ1) is 22.6. The smallest absolute Gasteiger partial charge is 0.258 e. The molecule has 0 atom stereocenters. The summed E-state index contributed by atoms with van der Waals surface area (Å²) in [5.74, 6) is 0.465. The van der Waals surface area contributed by atoms with Gasteiger partial charge in [-0.25, -0.2) is 4.98 Å². The number of aromatic nitrogens is 2. The van der Waals surface area contributed by atoms with E-state index >= 15 is 0 Å². The zero-order valence-corrected chi connectivity index (χ0v) is 18.8. The van der Waals surface area contributed by atoms with E-state index in [-0.39, 0.29) is 17.8 Å². The van der Waals surface area contributed by atoms with Gasteiger partial charge in [0.25, 0.3) is 5.91 Å². The maximum atomic E-state index is 12.8. The van der Waals surface area contributed by atoms with E-state index in [0.29, 0.717) is 47.4 Å². The number of para-hydroxylation sites is 1. The first-order valence-electron chi connectivity index (χ1n) is 9.90. The number of nitrogens with zero attached hydrogens (tertiary/aromatic N) is 2. The van der Waals surface area contributed by atoms with Crippen LogP contribution in [0, 0.1) is 6.92 Å². The van der Waals surface area contributed by atoms with E-state index in [9.17, 15) is 4.79 Å². The van der Waals surface area contributed by atoms with Crippen molar-refractivity contribution in [3.63, 3.8) is 0 Å². The number of fused-ring (bicyclic) bond motifs is 1. The number of halogens is 2. The molecular weight excluding hydrogens is 425 g/mol. The predicted octanol–water partition coefficient (Wildman–Crippen LogP) is 5.69. The molecule has 1 aromatic heterocycles. The average Bonchev–Trinajstić information content (AvgIpc) is 3.02. The number of rotatable bonds is 9. The number of hydrogen-bond donors (Lipinski definition) is 1. The Morgan fingerprint density at radius 2 is 1.73 bits per heavy atom. The van der Waals surface area contributed by atoms with Crippen LogP contribution in [0.4, 0.5) is 5.69 Å². The van der Waals surface area contributed by atoms with E-state index in [4.69, 9.17) is 32.7 Å². The summed E-state index contributed by atoms with van der Waals surface area (Å²) in [4.78, 5) is 17.5. The van der Waals surface area contributed by atoms with Crippen LogP contribution < -0.4 is 5.32 Å². The molecule has 8 heteroatoms. The van der Waals surface area contributed by atoms with Gasteiger partial charge in [0, 0.05) is 26.2 Å². The van der Waals surface area contributed by atoms with Crippen LogP contribution in [0.3, 0.4) is 0 Å². The third-order valence-corrected chi connectivity index (χ3v) is 5.33. The number of aryl methyl sites for hydroxylation is 2. The molecule has 0 radical (unpaired) electrons. The molecule has 1 heterocycles. The monoisotopic (exact) mass is 449 g/mol. The fourth-order valence-electron chi connectivity index (χ4n) is 3.37. The normalized spacial score (nSPS) is 11.4. The first-order valence-corrected chi connectivity index (χ1v) is 10.7. The van der Waals surface area contributed by atoms with Gasteiger partial charge >= 0.3 is 0 Å². The van der Waals surface area contributed by atoms with Gasteiger partial charge in [0.2, 0.25) is 0 Å². The van der Waals surface area contributed by atoms with Crippen molar-refractivity contribution in [2.45, 2.75) is 40.0 Å². The molecule has 1 amide bonds. The second kappa shape index (κ2) is 10.3. The summed E-state index contributed by atoms with van der Waals surface area (Å²) in [5, 5.41) is 3.49. The van der Waals surface area contributed by atoms with Crippen LogP contribution in [0.1, 0.15) is 36.5 Å². The summed E-state index contributed by atoms with van der Waals surface area (Å²) < 4.78 is 13.4. The van der Waals surface area contributed by atoms with Gasteiger partial charge in [-0.3, -0.25) is 4.79 Å². The van der Waals surface area contributed by atoms with E-state index in [1.165, 1.54) is 0 Å². The minimum absolute atomic E-state index is 0.241. The van der Waals surface area contributed by atoms with Crippen molar-refractivity contribution < 1.29 is 14.3 Å². The van der Waals surface area contributed by atoms with Crippen LogP contribution in [0.5, 0.6) is 0 Å². The lowest BCUT2D eigenvalue weighted by molar-refractivity contribution is -0.140. The number of hydrogen-bond acceptors (Lipinski definition) is 4. The highest BCUT2D eigenvalue weighted by Crippen LogP contribution is 2.28. The predicted molar refractivity (Wildman–Crippen MR) is 121 cm³/mol. The van der Waals surface area contributed by atoms with Crippen molar-refractivity contribution >= 4 is 45.8 Å². The van der Waals surface area contributed by atoms with E-state index in [2.05, 4.69) is 14.9 Å². The number of carbonyl (C=O) groups excluding carboxylic acids is 1. The van der Waals surface area contributed by atoms with Crippen LogP contribution in [0.2, 0.25) is 10.0 Å². The second-order valence-electron chi connectivity index (χ2n) is 6.66. The van der Waals surface area contributed by atoms with Crippen molar-refractivity contribution in [3.8, 4) is 0 Å². The number of benzene rings is 2. The van der Waals surface area contributed by atoms with Crippen molar-refractivity contribution in [3.05, 3.63) is 57.8 Å². The minimum atomic E-state index is -0.377. The molecule has 1 N–H and O–H groups in total. The molecule has 0 spiro atoms. The second-order valence-corrected chi connectivity index (χ2v) is 7.48. The molecule has 0 unspecified atom stereocenters. The van der Waals surface area contributed by atoms with Gasteiger partial charge in [0.15, 0.2) is 6.29 Å². The Morgan fingerprint density at radius 3 is 2.37 bits per heavy atom. The molecule has 0 aliphatic heterocycles. The zero-order chi connectivity index (χ0) is 21.7. The van der Waals surface area contributed by atoms with Crippen LogP contribution in [-0.4, -0.2) is 35.0 Å². The summed E-state index contributed by atoms with van der Waals surface area (Å²) in [6.07, 6.45) is 0.432. The Hall–Kier alpha value is -2.12. The Balaban J connectivity index is 1.86. The van der Waals surface area contributed by atoms with Crippen LogP contribution in [-0.2, 0) is 16.0 Å². The van der Waals surface area contributed by atoms with Crippen LogP contribution in [0.15, 0.2) is 36.4 Å². The molecule has 0 saturated heterocycles. The lowest BCUT2D eigenvalue weighted by Gasteiger charge is -2.17. The summed E-state index contributed by atoms with van der Waals surface area (Å²) in [6, 6.07) is 10.6. The molecule has 30 heavy (non-hydrogen) atoms. The Labute approximate surface area is 186 Å². The summed E-state index contributed by atoms with van der Waals surface area (Å²) in [5.41, 5.74) is 2.46. The van der Waals surface area contributed by atoms with E-state index in [0.717, 1.165) is 11.3 Å². The third kappa shape index (κ3) is 4.95. The lowest BCUT2D eigenvalue weighted by atomic mass is 10.2. The van der Waals surface area contributed by atoms with Gasteiger partial charge in [0.05, 0.1) is 26.8 Å². The van der Waals surface area contributed by atoms with Crippen molar-refractivity contribution in [1.82, 2.24) is 9.55 Å². The van der Waals surface area contributed by atoms with Crippen LogP contribution >= 0.6 is 23.2 Å². The molecule has 0 aliphatic carbocycles. The number of imidazole rings is 1. The fourth-order valence-corrected chi connectivity index (χ4v) is 3.94. The van der Waals surface area contributed by atoms with E-state index < -0.39 is 0 Å². The van der Waals surface area contributed by atoms with Crippen molar-refractivity contribution in [2.24, 2.45) is 0 Å². The molecule has 160 valence electrons. The molecule has 0 saturated carbocycles. The largest absolute Gasteiger partial charge is 0.353 e. The molecule has 0 fully saturated rings. The summed E-state index contributed by atoms with van der Waals surface area (Å²) >= 11 is 12.3. The van der Waals surface area contributed by atoms with Crippen molar-refractivity contribution in [2.75, 3.05) is 18.5 Å². The third-order valence-electron chi connectivity index (χ3n) is 4.70. The highest BCUT2D eigenvalue weighted by molar-refractivity contribution is 6.40. The maximum Gasteiger partial charge on any atom is 0.258 e. The fraction of sp³-hybridized carbons (Fsp3) is 0.364.